The number of para-hydroxylation sites is 1. The lowest BCUT2D eigenvalue weighted by Crippen LogP contribution is -2.29. The van der Waals surface area contributed by atoms with Crippen molar-refractivity contribution in [2.24, 2.45) is 0 Å². The number of hydrogen-bond donors (Lipinski definition) is 1. The summed E-state index contributed by atoms with van der Waals surface area (Å²) in [6.07, 6.45) is 6.57. The minimum absolute atomic E-state index is 0.0681. The summed E-state index contributed by atoms with van der Waals surface area (Å²) in [5.41, 5.74) is 0.423. The number of ether oxygens (including phenoxy) is 3. The molecule has 3 aromatic rings. The lowest BCUT2D eigenvalue weighted by Gasteiger charge is -2.11. The van der Waals surface area contributed by atoms with Gasteiger partial charge in [0.05, 0.1) is 20.3 Å². The van der Waals surface area contributed by atoms with E-state index in [9.17, 15) is 14.4 Å². The van der Waals surface area contributed by atoms with Gasteiger partial charge in [-0.15, -0.1) is 0 Å². The second-order valence-electron chi connectivity index (χ2n) is 8.06. The summed E-state index contributed by atoms with van der Waals surface area (Å²) < 4.78 is 21.5. The van der Waals surface area contributed by atoms with Crippen LogP contribution >= 0.6 is 0 Å². The summed E-state index contributed by atoms with van der Waals surface area (Å²) in [5.74, 6) is 0.220. The molecule has 0 unspecified atom stereocenters. The topological polar surface area (TPSA) is 104 Å². The van der Waals surface area contributed by atoms with Gasteiger partial charge in [0.15, 0.2) is 11.5 Å². The number of amides is 1. The Morgan fingerprint density at radius 3 is 2.64 bits per heavy atom. The van der Waals surface area contributed by atoms with Gasteiger partial charge >= 0.3 is 11.6 Å². The molecule has 1 aromatic heterocycles. The van der Waals surface area contributed by atoms with Crippen LogP contribution in [0.15, 0.2) is 63.8 Å². The molecule has 1 N–H and O–H groups in total. The molecule has 36 heavy (non-hydrogen) atoms. The van der Waals surface area contributed by atoms with Crippen molar-refractivity contribution in [1.29, 1.82) is 0 Å². The van der Waals surface area contributed by atoms with E-state index in [-0.39, 0.29) is 18.7 Å². The maximum atomic E-state index is 12.3. The van der Waals surface area contributed by atoms with Crippen LogP contribution in [0.4, 0.5) is 0 Å². The predicted molar refractivity (Wildman–Crippen MR) is 137 cm³/mol. The molecule has 0 saturated carbocycles. The van der Waals surface area contributed by atoms with Crippen molar-refractivity contribution in [3.8, 4) is 11.5 Å². The Hall–Kier alpha value is -4.07. The quantitative estimate of drug-likeness (QED) is 0.159. The van der Waals surface area contributed by atoms with Gasteiger partial charge in [0.1, 0.15) is 11.1 Å². The minimum Gasteiger partial charge on any atom is -0.493 e. The zero-order valence-corrected chi connectivity index (χ0v) is 20.6. The molecule has 2 aromatic carbocycles. The van der Waals surface area contributed by atoms with E-state index in [2.05, 4.69) is 12.2 Å². The zero-order chi connectivity index (χ0) is 25.8. The Kier molecular flexibility index (Phi) is 10.1. The van der Waals surface area contributed by atoms with E-state index in [0.29, 0.717) is 35.5 Å². The van der Waals surface area contributed by atoms with Crippen LogP contribution in [0.5, 0.6) is 11.5 Å². The van der Waals surface area contributed by atoms with E-state index >= 15 is 0 Å². The number of nitrogens with one attached hydrogen (secondary N) is 1. The molecule has 0 radical (unpaired) electrons. The van der Waals surface area contributed by atoms with Gasteiger partial charge in [-0.3, -0.25) is 4.79 Å². The fourth-order valence-corrected chi connectivity index (χ4v) is 3.42. The third kappa shape index (κ3) is 7.73. The van der Waals surface area contributed by atoms with Gasteiger partial charge in [-0.2, -0.15) is 0 Å². The van der Waals surface area contributed by atoms with Crippen LogP contribution < -0.4 is 20.4 Å². The summed E-state index contributed by atoms with van der Waals surface area (Å²) in [6.45, 7) is 3.11. The maximum absolute atomic E-state index is 12.3. The van der Waals surface area contributed by atoms with Crippen molar-refractivity contribution in [1.82, 2.24) is 5.32 Å². The van der Waals surface area contributed by atoms with Crippen LogP contribution in [0.2, 0.25) is 0 Å². The highest BCUT2D eigenvalue weighted by Gasteiger charge is 2.13. The second kappa shape index (κ2) is 13.7. The molecule has 0 aliphatic heterocycles. The summed E-state index contributed by atoms with van der Waals surface area (Å²) in [5, 5.41) is 3.30. The van der Waals surface area contributed by atoms with Crippen molar-refractivity contribution in [2.45, 2.75) is 32.6 Å². The van der Waals surface area contributed by atoms with Crippen LogP contribution in [-0.2, 0) is 9.53 Å². The molecule has 0 atom stereocenters. The number of methoxy groups -OCH3 is 1. The number of benzene rings is 2. The highest BCUT2D eigenvalue weighted by molar-refractivity contribution is 5.96. The second-order valence-corrected chi connectivity index (χ2v) is 8.06. The number of hydrogen-bond acceptors (Lipinski definition) is 7. The van der Waals surface area contributed by atoms with E-state index in [1.807, 2.05) is 12.1 Å². The first-order chi connectivity index (χ1) is 17.5. The molecule has 1 amide bonds. The van der Waals surface area contributed by atoms with Gasteiger partial charge in [-0.05, 0) is 48.7 Å². The first-order valence-corrected chi connectivity index (χ1v) is 12.0. The molecular formula is C28H31NO7. The van der Waals surface area contributed by atoms with Crippen molar-refractivity contribution in [3.63, 3.8) is 0 Å². The maximum Gasteiger partial charge on any atom is 0.349 e. The minimum atomic E-state index is -0.699. The third-order valence-electron chi connectivity index (χ3n) is 5.34. The fraction of sp³-hybridized carbons (Fsp3) is 0.321. The Morgan fingerprint density at radius 2 is 1.83 bits per heavy atom. The molecular weight excluding hydrogens is 462 g/mol. The molecule has 190 valence electrons. The van der Waals surface area contributed by atoms with Crippen molar-refractivity contribution in [2.75, 3.05) is 26.9 Å². The van der Waals surface area contributed by atoms with Crippen LogP contribution in [0.25, 0.3) is 17.0 Å². The molecule has 0 spiro atoms. The largest absolute Gasteiger partial charge is 0.493 e. The first-order valence-electron chi connectivity index (χ1n) is 12.0. The fourth-order valence-electron chi connectivity index (χ4n) is 3.42. The van der Waals surface area contributed by atoms with Crippen LogP contribution in [-0.4, -0.2) is 38.7 Å². The van der Waals surface area contributed by atoms with E-state index < -0.39 is 17.5 Å². The van der Waals surface area contributed by atoms with Gasteiger partial charge in [-0.1, -0.05) is 44.0 Å². The summed E-state index contributed by atoms with van der Waals surface area (Å²) in [7, 11) is 1.57. The zero-order valence-electron chi connectivity index (χ0n) is 20.6. The number of carbonyl (C=O) groups excluding carboxylic acids is 2. The average Bonchev–Trinajstić information content (AvgIpc) is 2.89. The lowest BCUT2D eigenvalue weighted by molar-refractivity contribution is -0.137. The Bertz CT molecular complexity index is 1260. The van der Waals surface area contributed by atoms with E-state index in [1.54, 1.807) is 43.5 Å². The molecule has 0 aliphatic rings. The van der Waals surface area contributed by atoms with Crippen LogP contribution in [0.3, 0.4) is 0 Å². The third-order valence-corrected chi connectivity index (χ3v) is 5.34. The summed E-state index contributed by atoms with van der Waals surface area (Å²) >= 11 is 0. The monoisotopic (exact) mass is 493 g/mol. The highest BCUT2D eigenvalue weighted by Crippen LogP contribution is 2.28. The standard InChI is InChI=1S/C28H31NO7/c1-3-4-7-16-34-24-13-11-20(18-25(24)33-2)12-14-26(30)35-17-8-15-29-27(31)22-19-21-9-5-6-10-23(21)36-28(22)32/h5-6,9-14,18-19H,3-4,7-8,15-17H2,1-2H3,(H,29,31)/b14-12+. The van der Waals surface area contributed by atoms with Crippen LogP contribution in [0.1, 0.15) is 48.5 Å². The molecule has 1 heterocycles. The summed E-state index contributed by atoms with van der Waals surface area (Å²) in [4.78, 5) is 36.4. The molecule has 0 aliphatic carbocycles. The molecule has 3 rings (SSSR count). The Morgan fingerprint density at radius 1 is 1.00 bits per heavy atom. The molecule has 0 saturated heterocycles. The number of esters is 1. The van der Waals surface area contributed by atoms with E-state index in [0.717, 1.165) is 24.8 Å². The molecule has 0 fully saturated rings. The van der Waals surface area contributed by atoms with Crippen molar-refractivity contribution < 1.29 is 28.2 Å². The van der Waals surface area contributed by atoms with Crippen molar-refractivity contribution in [3.05, 3.63) is 76.2 Å². The Balaban J connectivity index is 1.41. The highest BCUT2D eigenvalue weighted by atomic mass is 16.5. The number of fused-ring (bicyclic) bond motifs is 1. The van der Waals surface area contributed by atoms with E-state index in [1.165, 1.54) is 12.1 Å². The molecule has 0 bridgehead atoms. The number of rotatable bonds is 13. The van der Waals surface area contributed by atoms with Crippen LogP contribution in [0, 0.1) is 0 Å². The SMILES string of the molecule is CCCCCOc1ccc(/C=C/C(=O)OCCCNC(=O)c2cc3ccccc3oc2=O)cc1OC. The Labute approximate surface area is 209 Å². The van der Waals surface area contributed by atoms with Gasteiger partial charge in [0.25, 0.3) is 5.91 Å². The predicted octanol–water partition coefficient (Wildman–Crippen LogP) is 4.75. The first kappa shape index (κ1) is 26.5. The molecule has 8 heteroatoms. The smallest absolute Gasteiger partial charge is 0.349 e. The average molecular weight is 494 g/mol. The molecule has 8 nitrogen and oxygen atoms in total. The van der Waals surface area contributed by atoms with Gasteiger partial charge in [0.2, 0.25) is 0 Å². The number of unbranched alkanes of at least 4 members (excludes halogenated alkanes) is 2. The normalized spacial score (nSPS) is 10.9. The van der Waals surface area contributed by atoms with Gasteiger partial charge in [-0.25, -0.2) is 9.59 Å². The summed E-state index contributed by atoms with van der Waals surface area (Å²) in [6, 6.07) is 13.9. The van der Waals surface area contributed by atoms with Gasteiger partial charge < -0.3 is 23.9 Å². The lowest BCUT2D eigenvalue weighted by atomic mass is 10.2. The number of carbonyl (C=O) groups is 2. The van der Waals surface area contributed by atoms with Gasteiger partial charge in [0, 0.05) is 18.0 Å². The van der Waals surface area contributed by atoms with E-state index in [4.69, 9.17) is 18.6 Å². The van der Waals surface area contributed by atoms with Crippen molar-refractivity contribution >= 4 is 28.9 Å².